The molecule has 2 aliphatic heterocycles. The van der Waals surface area contributed by atoms with Crippen LogP contribution in [0.3, 0.4) is 0 Å². The van der Waals surface area contributed by atoms with Crippen molar-refractivity contribution >= 4 is 23.2 Å². The molecular formula is C28H23N5O2S. The van der Waals surface area contributed by atoms with Gasteiger partial charge in [-0.15, -0.1) is 11.3 Å². The standard InChI is InChI=1S/C28H23N5O2S/c1-27(23-12-20-19-11-16(13-29)3-8-21(19)35-14-22(20)36-23)24(25(34)33(2)26(31)32-27)17-4-6-18(7-5-17)28(15-30)9-10-28/h3-8,11-12,24H,9-10,14H2,1-2H3,(H2,31,32)/t24-,27+/m0/s1. The van der Waals surface area contributed by atoms with Gasteiger partial charge in [0.05, 0.1) is 39.5 Å². The molecule has 8 heteroatoms. The molecule has 1 amide bonds. The fourth-order valence-corrected chi connectivity index (χ4v) is 6.54. The second-order valence-corrected chi connectivity index (χ2v) is 11.0. The maximum absolute atomic E-state index is 13.6. The van der Waals surface area contributed by atoms with Gasteiger partial charge in [0, 0.05) is 23.1 Å². The van der Waals surface area contributed by atoms with Crippen LogP contribution in [0.4, 0.5) is 0 Å². The van der Waals surface area contributed by atoms with E-state index in [9.17, 15) is 15.3 Å². The van der Waals surface area contributed by atoms with Gasteiger partial charge in [0.25, 0.3) is 0 Å². The van der Waals surface area contributed by atoms with Crippen LogP contribution < -0.4 is 10.1 Å². The average molecular weight is 494 g/mol. The Morgan fingerprint density at radius 2 is 1.89 bits per heavy atom. The third kappa shape index (κ3) is 3.15. The van der Waals surface area contributed by atoms with E-state index in [1.54, 1.807) is 24.5 Å². The first-order chi connectivity index (χ1) is 17.3. The van der Waals surface area contributed by atoms with E-state index in [0.29, 0.717) is 12.2 Å². The zero-order valence-electron chi connectivity index (χ0n) is 19.9. The van der Waals surface area contributed by atoms with Crippen molar-refractivity contribution in [1.29, 1.82) is 15.9 Å². The maximum Gasteiger partial charge on any atom is 0.239 e. The van der Waals surface area contributed by atoms with E-state index in [1.807, 2.05) is 43.3 Å². The summed E-state index contributed by atoms with van der Waals surface area (Å²) in [6.07, 6.45) is 1.73. The number of carbonyl (C=O) groups is 1. The van der Waals surface area contributed by atoms with Gasteiger partial charge in [-0.3, -0.25) is 15.1 Å². The lowest BCUT2D eigenvalue weighted by molar-refractivity contribution is -0.131. The summed E-state index contributed by atoms with van der Waals surface area (Å²) in [6.45, 7) is 2.38. The molecule has 3 aliphatic rings. The van der Waals surface area contributed by atoms with Crippen LogP contribution in [0, 0.1) is 28.1 Å². The van der Waals surface area contributed by atoms with Gasteiger partial charge in [0.1, 0.15) is 12.4 Å². The van der Waals surface area contributed by atoms with Crippen LogP contribution in [-0.2, 0) is 22.4 Å². The highest BCUT2D eigenvalue weighted by atomic mass is 32.1. The summed E-state index contributed by atoms with van der Waals surface area (Å²) in [5.74, 6) is 0.0420. The van der Waals surface area contributed by atoms with E-state index < -0.39 is 16.9 Å². The lowest BCUT2D eigenvalue weighted by Crippen LogP contribution is -2.62. The topological polar surface area (TPSA) is 113 Å². The summed E-state index contributed by atoms with van der Waals surface area (Å²) < 4.78 is 5.95. The first kappa shape index (κ1) is 22.3. The number of amides is 1. The summed E-state index contributed by atoms with van der Waals surface area (Å²) in [5, 5.41) is 30.7. The van der Waals surface area contributed by atoms with Gasteiger partial charge >= 0.3 is 0 Å². The van der Waals surface area contributed by atoms with Crippen LogP contribution in [0.2, 0.25) is 0 Å². The molecule has 2 atom stereocenters. The second kappa shape index (κ2) is 7.68. The molecule has 0 spiro atoms. The minimum absolute atomic E-state index is 0.0478. The summed E-state index contributed by atoms with van der Waals surface area (Å²) in [6, 6.07) is 19.9. The first-order valence-electron chi connectivity index (χ1n) is 11.8. The number of nitriles is 2. The van der Waals surface area contributed by atoms with E-state index in [1.165, 1.54) is 4.90 Å². The minimum Gasteiger partial charge on any atom is -0.487 e. The number of fused-ring (bicyclic) bond motifs is 3. The lowest BCUT2D eigenvalue weighted by atomic mass is 9.76. The van der Waals surface area contributed by atoms with E-state index in [2.05, 4.69) is 23.5 Å². The van der Waals surface area contributed by atoms with E-state index in [0.717, 1.165) is 50.6 Å². The summed E-state index contributed by atoms with van der Waals surface area (Å²) in [4.78, 5) is 16.9. The average Bonchev–Trinajstić information content (AvgIpc) is 3.56. The predicted octanol–water partition coefficient (Wildman–Crippen LogP) is 4.73. The molecule has 0 bridgehead atoms. The van der Waals surface area contributed by atoms with E-state index >= 15 is 0 Å². The van der Waals surface area contributed by atoms with Gasteiger partial charge in [-0.2, -0.15) is 10.5 Å². The molecule has 1 aliphatic carbocycles. The Bertz CT molecular complexity index is 1520. The molecule has 0 unspecified atom stereocenters. The number of guanidine groups is 1. The van der Waals surface area contributed by atoms with Crippen LogP contribution in [0.5, 0.6) is 5.75 Å². The van der Waals surface area contributed by atoms with Crippen molar-refractivity contribution < 1.29 is 9.53 Å². The third-order valence-corrected chi connectivity index (χ3v) is 9.05. The Hall–Kier alpha value is -4.14. The molecule has 2 N–H and O–H groups in total. The number of hydrogen-bond acceptors (Lipinski definition) is 6. The van der Waals surface area contributed by atoms with Gasteiger partial charge in [0.15, 0.2) is 5.96 Å². The van der Waals surface area contributed by atoms with Gasteiger partial charge in [-0.1, -0.05) is 24.3 Å². The SMILES string of the molecule is CN1C(=N)N[C@](C)(c2cc3c(s2)COc2ccc(C#N)cc2-3)[C@@H](c2ccc(C3(C#N)CC3)cc2)C1=O. The number of hydrogen-bond donors (Lipinski definition) is 2. The monoisotopic (exact) mass is 493 g/mol. The number of thiophene rings is 1. The maximum atomic E-state index is 13.6. The molecule has 3 aromatic rings. The van der Waals surface area contributed by atoms with Crippen LogP contribution in [0.25, 0.3) is 11.1 Å². The van der Waals surface area contributed by atoms with Crippen molar-refractivity contribution in [3.05, 3.63) is 75.0 Å². The van der Waals surface area contributed by atoms with Gasteiger partial charge in [-0.05, 0) is 55.2 Å². The molecule has 6 rings (SSSR count). The normalized spacial score (nSPS) is 23.4. The molecule has 36 heavy (non-hydrogen) atoms. The van der Waals surface area contributed by atoms with Crippen molar-refractivity contribution in [3.63, 3.8) is 0 Å². The van der Waals surface area contributed by atoms with Crippen molar-refractivity contribution in [1.82, 2.24) is 10.2 Å². The zero-order valence-corrected chi connectivity index (χ0v) is 20.7. The van der Waals surface area contributed by atoms with Crippen LogP contribution in [-0.4, -0.2) is 23.8 Å². The molecule has 2 aromatic carbocycles. The molecule has 0 radical (unpaired) electrons. The lowest BCUT2D eigenvalue weighted by Gasteiger charge is -2.45. The molecule has 2 fully saturated rings. The zero-order chi connectivity index (χ0) is 25.2. The smallest absolute Gasteiger partial charge is 0.239 e. The first-order valence-corrected chi connectivity index (χ1v) is 12.6. The summed E-state index contributed by atoms with van der Waals surface area (Å²) in [7, 11) is 1.61. The predicted molar refractivity (Wildman–Crippen MR) is 135 cm³/mol. The molecule has 178 valence electrons. The van der Waals surface area contributed by atoms with E-state index in [4.69, 9.17) is 10.1 Å². The van der Waals surface area contributed by atoms with Crippen LogP contribution in [0.1, 0.15) is 52.1 Å². The van der Waals surface area contributed by atoms with Crippen LogP contribution in [0.15, 0.2) is 48.5 Å². The van der Waals surface area contributed by atoms with E-state index in [-0.39, 0.29) is 11.9 Å². The van der Waals surface area contributed by atoms with Crippen LogP contribution >= 0.6 is 11.3 Å². The Labute approximate surface area is 213 Å². The molecule has 1 saturated carbocycles. The Kier molecular flexibility index (Phi) is 4.76. The van der Waals surface area contributed by atoms with Gasteiger partial charge < -0.3 is 10.1 Å². The number of nitrogens with zero attached hydrogens (tertiary/aromatic N) is 3. The number of ether oxygens (including phenoxy) is 1. The van der Waals surface area contributed by atoms with Gasteiger partial charge in [-0.25, -0.2) is 0 Å². The Morgan fingerprint density at radius 3 is 2.56 bits per heavy atom. The quantitative estimate of drug-likeness (QED) is 0.548. The number of nitrogens with one attached hydrogen (secondary N) is 2. The molecule has 1 saturated heterocycles. The minimum atomic E-state index is -0.871. The molecule has 7 nitrogen and oxygen atoms in total. The highest BCUT2D eigenvalue weighted by Gasteiger charge is 2.50. The number of rotatable bonds is 3. The van der Waals surface area contributed by atoms with Crippen molar-refractivity contribution in [3.8, 4) is 29.0 Å². The Morgan fingerprint density at radius 1 is 1.14 bits per heavy atom. The summed E-state index contributed by atoms with van der Waals surface area (Å²) >= 11 is 1.56. The highest BCUT2D eigenvalue weighted by Crippen LogP contribution is 2.50. The number of likely N-dealkylation sites (N-methyl/N-ethyl adjacent to an activating group) is 1. The fraction of sp³-hybridized carbons (Fsp3) is 0.286. The fourth-order valence-electron chi connectivity index (χ4n) is 5.32. The molecule has 3 heterocycles. The third-order valence-electron chi connectivity index (χ3n) is 7.71. The van der Waals surface area contributed by atoms with Crippen molar-refractivity contribution in [2.24, 2.45) is 0 Å². The molecular weight excluding hydrogens is 470 g/mol. The van der Waals surface area contributed by atoms with Crippen molar-refractivity contribution in [2.75, 3.05) is 7.05 Å². The highest BCUT2D eigenvalue weighted by molar-refractivity contribution is 7.12. The number of benzene rings is 2. The second-order valence-electron chi connectivity index (χ2n) is 9.88. The molecule has 1 aromatic heterocycles. The number of carbonyl (C=O) groups excluding carboxylic acids is 1. The van der Waals surface area contributed by atoms with Gasteiger partial charge in [0.2, 0.25) is 5.91 Å². The Balaban J connectivity index is 1.45. The van der Waals surface area contributed by atoms with Crippen molar-refractivity contribution in [2.45, 2.75) is 43.2 Å². The summed E-state index contributed by atoms with van der Waals surface area (Å²) in [5.41, 5.74) is 2.98. The largest absolute Gasteiger partial charge is 0.487 e.